The van der Waals surface area contributed by atoms with Gasteiger partial charge in [0.1, 0.15) is 0 Å². The van der Waals surface area contributed by atoms with Crippen LogP contribution < -0.4 is 10.0 Å². The molecule has 0 bridgehead atoms. The molecular weight excluding hydrogens is 357 g/mol. The number of rotatable bonds is 9. The largest absolute Gasteiger partial charge is 0.383 e. The Labute approximate surface area is 139 Å². The zero-order valence-corrected chi connectivity index (χ0v) is 14.1. The second-order valence-corrected chi connectivity index (χ2v) is 6.18. The molecule has 0 amide bonds. The van der Waals surface area contributed by atoms with Crippen LogP contribution in [0.1, 0.15) is 0 Å². The molecule has 0 saturated carbocycles. The summed E-state index contributed by atoms with van der Waals surface area (Å²) in [5.74, 6) is 0. The molecule has 0 spiro atoms. The third kappa shape index (κ3) is 6.42. The van der Waals surface area contributed by atoms with Gasteiger partial charge in [-0.05, 0) is 12.1 Å². The molecule has 8 nitrogen and oxygen atoms in total. The maximum absolute atomic E-state index is 12.1. The average molecular weight is 374 g/mol. The fourth-order valence-electron chi connectivity index (χ4n) is 1.50. The Morgan fingerprint density at radius 3 is 2.59 bits per heavy atom. The van der Waals surface area contributed by atoms with E-state index in [2.05, 4.69) is 10.0 Å². The van der Waals surface area contributed by atoms with Crippen LogP contribution in [-0.4, -0.2) is 46.7 Å². The van der Waals surface area contributed by atoms with E-state index in [-0.39, 0.29) is 24.0 Å². The van der Waals surface area contributed by atoms with Gasteiger partial charge in [-0.2, -0.15) is 0 Å². The highest BCUT2D eigenvalue weighted by molar-refractivity contribution is 7.89. The number of halogens is 2. The molecule has 1 aromatic carbocycles. The zero-order valence-electron chi connectivity index (χ0n) is 11.7. The Kier molecular flexibility index (Phi) is 9.49. The zero-order chi connectivity index (χ0) is 15.9. The lowest BCUT2D eigenvalue weighted by atomic mass is 10.3. The average Bonchev–Trinajstić information content (AvgIpc) is 2.42. The molecule has 1 aromatic rings. The number of ether oxygens (including phenoxy) is 1. The highest BCUT2D eigenvalue weighted by atomic mass is 35.5. The molecule has 0 atom stereocenters. The Morgan fingerprint density at radius 2 is 2.00 bits per heavy atom. The van der Waals surface area contributed by atoms with Crippen LogP contribution in [0.15, 0.2) is 23.1 Å². The molecule has 22 heavy (non-hydrogen) atoms. The Balaban J connectivity index is 0.00000441. The first-order chi connectivity index (χ1) is 9.88. The van der Waals surface area contributed by atoms with Gasteiger partial charge in [-0.3, -0.25) is 10.1 Å². The van der Waals surface area contributed by atoms with Gasteiger partial charge in [0.05, 0.1) is 11.5 Å². The van der Waals surface area contributed by atoms with Crippen molar-refractivity contribution in [3.05, 3.63) is 33.3 Å². The second-order valence-electron chi connectivity index (χ2n) is 4.01. The number of nitrogens with one attached hydrogen (secondary N) is 2. The summed E-state index contributed by atoms with van der Waals surface area (Å²) >= 11 is 5.71. The molecular formula is C11H17Cl2N3O5S. The topological polar surface area (TPSA) is 111 Å². The highest BCUT2D eigenvalue weighted by Crippen LogP contribution is 2.26. The Hall–Kier alpha value is -0.970. The first-order valence-electron chi connectivity index (χ1n) is 6.01. The van der Waals surface area contributed by atoms with Crippen LogP contribution in [0, 0.1) is 10.1 Å². The standard InChI is InChI=1S/C11H16ClN3O5S.ClH/c1-20-7-6-13-4-5-14-21(18,19)11-8-9(12)2-3-10(11)15(16)17;/h2-3,8,13-14H,4-7H2,1H3;1H. The number of sulfonamides is 1. The van der Waals surface area contributed by atoms with E-state index in [0.717, 1.165) is 12.1 Å². The molecule has 0 aromatic heterocycles. The summed E-state index contributed by atoms with van der Waals surface area (Å²) in [6.45, 7) is 1.55. The van der Waals surface area contributed by atoms with Crippen molar-refractivity contribution in [2.24, 2.45) is 0 Å². The van der Waals surface area contributed by atoms with Crippen LogP contribution in [0.2, 0.25) is 5.02 Å². The number of hydrogen-bond donors (Lipinski definition) is 2. The lowest BCUT2D eigenvalue weighted by Crippen LogP contribution is -2.33. The van der Waals surface area contributed by atoms with E-state index >= 15 is 0 Å². The van der Waals surface area contributed by atoms with E-state index in [9.17, 15) is 18.5 Å². The van der Waals surface area contributed by atoms with Gasteiger partial charge >= 0.3 is 0 Å². The molecule has 0 aliphatic carbocycles. The summed E-state index contributed by atoms with van der Waals surface area (Å²) in [6.07, 6.45) is 0. The summed E-state index contributed by atoms with van der Waals surface area (Å²) in [4.78, 5) is 9.66. The summed E-state index contributed by atoms with van der Waals surface area (Å²) in [5.41, 5.74) is -0.515. The lowest BCUT2D eigenvalue weighted by molar-refractivity contribution is -0.387. The van der Waals surface area contributed by atoms with Crippen molar-refractivity contribution in [3.63, 3.8) is 0 Å². The van der Waals surface area contributed by atoms with Crippen LogP contribution in [0.3, 0.4) is 0 Å². The molecule has 0 fully saturated rings. The molecule has 0 aliphatic heterocycles. The van der Waals surface area contributed by atoms with Crippen LogP contribution >= 0.6 is 24.0 Å². The normalized spacial score (nSPS) is 11.0. The van der Waals surface area contributed by atoms with E-state index in [1.54, 1.807) is 7.11 Å². The van der Waals surface area contributed by atoms with Crippen molar-refractivity contribution in [1.82, 2.24) is 10.0 Å². The van der Waals surface area contributed by atoms with Crippen molar-refractivity contribution in [2.45, 2.75) is 4.90 Å². The third-order valence-electron chi connectivity index (χ3n) is 2.48. The fourth-order valence-corrected chi connectivity index (χ4v) is 2.97. The molecule has 2 N–H and O–H groups in total. The summed E-state index contributed by atoms with van der Waals surface area (Å²) in [5, 5.41) is 13.9. The maximum atomic E-state index is 12.1. The number of hydrogen-bond acceptors (Lipinski definition) is 6. The first kappa shape index (κ1) is 21.0. The van der Waals surface area contributed by atoms with Gasteiger partial charge in [0.2, 0.25) is 10.0 Å². The molecule has 1 rings (SSSR count). The number of nitro groups is 1. The number of methoxy groups -OCH3 is 1. The van der Waals surface area contributed by atoms with E-state index in [1.807, 2.05) is 0 Å². The fraction of sp³-hybridized carbons (Fsp3) is 0.455. The van der Waals surface area contributed by atoms with Crippen molar-refractivity contribution in [2.75, 3.05) is 33.4 Å². The van der Waals surface area contributed by atoms with Crippen LogP contribution in [-0.2, 0) is 14.8 Å². The maximum Gasteiger partial charge on any atom is 0.289 e. The predicted molar refractivity (Wildman–Crippen MR) is 85.3 cm³/mol. The van der Waals surface area contributed by atoms with Gasteiger partial charge in [-0.1, -0.05) is 11.6 Å². The molecule has 0 radical (unpaired) electrons. The van der Waals surface area contributed by atoms with Gasteiger partial charge in [0, 0.05) is 37.8 Å². The van der Waals surface area contributed by atoms with Crippen LogP contribution in [0.4, 0.5) is 5.69 Å². The number of benzene rings is 1. The van der Waals surface area contributed by atoms with E-state index in [0.29, 0.717) is 19.7 Å². The predicted octanol–water partition coefficient (Wildman–Crippen LogP) is 1.18. The van der Waals surface area contributed by atoms with Gasteiger partial charge in [0.25, 0.3) is 5.69 Å². The Bertz CT molecular complexity index is 597. The van der Waals surface area contributed by atoms with Gasteiger partial charge < -0.3 is 10.1 Å². The Morgan fingerprint density at radius 1 is 1.32 bits per heavy atom. The summed E-state index contributed by atoms with van der Waals surface area (Å²) in [7, 11) is -2.44. The van der Waals surface area contributed by atoms with Crippen molar-refractivity contribution >= 4 is 39.7 Å². The molecule has 0 heterocycles. The highest BCUT2D eigenvalue weighted by Gasteiger charge is 2.25. The van der Waals surface area contributed by atoms with E-state index in [4.69, 9.17) is 16.3 Å². The monoisotopic (exact) mass is 373 g/mol. The van der Waals surface area contributed by atoms with Gasteiger partial charge in [-0.25, -0.2) is 13.1 Å². The number of nitrogens with zero attached hydrogens (tertiary/aromatic N) is 1. The van der Waals surface area contributed by atoms with Gasteiger partial charge in [0.15, 0.2) is 4.90 Å². The number of nitro benzene ring substituents is 1. The second kappa shape index (κ2) is 9.93. The molecule has 126 valence electrons. The quantitative estimate of drug-likeness (QED) is 0.382. The molecule has 11 heteroatoms. The minimum absolute atomic E-state index is 0. The van der Waals surface area contributed by atoms with E-state index < -0.39 is 25.5 Å². The van der Waals surface area contributed by atoms with Crippen molar-refractivity contribution in [1.29, 1.82) is 0 Å². The SMILES string of the molecule is COCCNCCNS(=O)(=O)c1cc(Cl)ccc1[N+](=O)[O-].Cl. The third-order valence-corrected chi connectivity index (χ3v) is 4.21. The molecule has 0 saturated heterocycles. The lowest BCUT2D eigenvalue weighted by Gasteiger charge is -2.08. The summed E-state index contributed by atoms with van der Waals surface area (Å²) < 4.78 is 31.2. The minimum Gasteiger partial charge on any atom is -0.383 e. The van der Waals surface area contributed by atoms with Crippen LogP contribution in [0.5, 0.6) is 0 Å². The van der Waals surface area contributed by atoms with Gasteiger partial charge in [-0.15, -0.1) is 12.4 Å². The summed E-state index contributed by atoms with van der Waals surface area (Å²) in [6, 6.07) is 3.39. The van der Waals surface area contributed by atoms with Crippen molar-refractivity contribution < 1.29 is 18.1 Å². The van der Waals surface area contributed by atoms with Crippen molar-refractivity contribution in [3.8, 4) is 0 Å². The van der Waals surface area contributed by atoms with E-state index in [1.165, 1.54) is 6.07 Å². The molecule has 0 unspecified atom stereocenters. The minimum atomic E-state index is -4.00. The first-order valence-corrected chi connectivity index (χ1v) is 7.88. The van der Waals surface area contributed by atoms with Crippen LogP contribution in [0.25, 0.3) is 0 Å². The smallest absolute Gasteiger partial charge is 0.289 e. The molecule has 0 aliphatic rings.